The number of aryl methyl sites for hydroxylation is 1. The Bertz CT molecular complexity index is 863. The first-order valence-corrected chi connectivity index (χ1v) is 9.74. The molecule has 2 N–H and O–H groups in total. The van der Waals surface area contributed by atoms with Gasteiger partial charge in [0.1, 0.15) is 10.0 Å². The number of carbonyl (C=O) groups is 1. The van der Waals surface area contributed by atoms with Crippen LogP contribution in [0.2, 0.25) is 0 Å². The van der Waals surface area contributed by atoms with Crippen molar-refractivity contribution in [1.29, 1.82) is 0 Å². The van der Waals surface area contributed by atoms with E-state index in [0.29, 0.717) is 5.56 Å². The second-order valence-electron chi connectivity index (χ2n) is 5.63. The first kappa shape index (κ1) is 19.4. The van der Waals surface area contributed by atoms with Crippen molar-refractivity contribution in [2.45, 2.75) is 24.2 Å². The molecule has 0 bridgehead atoms. The van der Waals surface area contributed by atoms with E-state index in [-0.39, 0.29) is 29.1 Å². The Kier molecular flexibility index (Phi) is 6.15. The minimum Gasteiger partial charge on any atom is -0.334 e. The van der Waals surface area contributed by atoms with Crippen molar-refractivity contribution in [2.24, 2.45) is 0 Å². The molecular formula is C16H20FN3O3S2. The van der Waals surface area contributed by atoms with Gasteiger partial charge in [0, 0.05) is 25.5 Å². The molecule has 6 nitrogen and oxygen atoms in total. The molecule has 0 radical (unpaired) electrons. The summed E-state index contributed by atoms with van der Waals surface area (Å²) in [7, 11) is -0.516. The molecule has 0 aliphatic heterocycles. The largest absolute Gasteiger partial charge is 0.334 e. The Morgan fingerprint density at radius 2 is 1.84 bits per heavy atom. The Labute approximate surface area is 150 Å². The van der Waals surface area contributed by atoms with Crippen LogP contribution in [0.3, 0.4) is 0 Å². The van der Waals surface area contributed by atoms with Crippen molar-refractivity contribution in [3.63, 3.8) is 0 Å². The van der Waals surface area contributed by atoms with Crippen molar-refractivity contribution >= 4 is 27.4 Å². The van der Waals surface area contributed by atoms with Gasteiger partial charge in [0.05, 0.1) is 6.54 Å². The van der Waals surface area contributed by atoms with Gasteiger partial charge in [-0.25, -0.2) is 21.9 Å². The fourth-order valence-corrected chi connectivity index (χ4v) is 4.47. The summed E-state index contributed by atoms with van der Waals surface area (Å²) >= 11 is 1.11. The van der Waals surface area contributed by atoms with Gasteiger partial charge in [-0.05, 0) is 36.2 Å². The van der Waals surface area contributed by atoms with E-state index >= 15 is 0 Å². The second kappa shape index (κ2) is 7.94. The molecule has 2 aromatic rings. The highest BCUT2D eigenvalue weighted by Crippen LogP contribution is 2.23. The van der Waals surface area contributed by atoms with Crippen molar-refractivity contribution in [3.8, 4) is 0 Å². The first-order chi connectivity index (χ1) is 11.7. The van der Waals surface area contributed by atoms with E-state index in [9.17, 15) is 17.6 Å². The van der Waals surface area contributed by atoms with E-state index in [1.165, 1.54) is 26.2 Å². The van der Waals surface area contributed by atoms with Gasteiger partial charge < -0.3 is 10.6 Å². The number of halogens is 1. The van der Waals surface area contributed by atoms with Crippen LogP contribution < -0.4 is 10.6 Å². The quantitative estimate of drug-likeness (QED) is 0.802. The van der Waals surface area contributed by atoms with Gasteiger partial charge in [0.15, 0.2) is 0 Å². The van der Waals surface area contributed by atoms with E-state index < -0.39 is 10.0 Å². The summed E-state index contributed by atoms with van der Waals surface area (Å²) < 4.78 is 38.6. The molecule has 0 aliphatic rings. The number of amides is 2. The zero-order valence-corrected chi connectivity index (χ0v) is 15.8. The van der Waals surface area contributed by atoms with Gasteiger partial charge in [-0.3, -0.25) is 0 Å². The van der Waals surface area contributed by atoms with Gasteiger partial charge in [-0.15, -0.1) is 11.3 Å². The Balaban J connectivity index is 1.86. The molecule has 1 aromatic heterocycles. The van der Waals surface area contributed by atoms with Crippen molar-refractivity contribution in [1.82, 2.24) is 14.9 Å². The van der Waals surface area contributed by atoms with Crippen molar-refractivity contribution < 1.29 is 17.6 Å². The zero-order chi connectivity index (χ0) is 18.6. The van der Waals surface area contributed by atoms with Crippen LogP contribution in [0.25, 0.3) is 0 Å². The van der Waals surface area contributed by atoms with Gasteiger partial charge >= 0.3 is 6.03 Å². The van der Waals surface area contributed by atoms with Crippen molar-refractivity contribution in [3.05, 3.63) is 52.2 Å². The van der Waals surface area contributed by atoms with Crippen LogP contribution in [0.4, 0.5) is 9.18 Å². The van der Waals surface area contributed by atoms with Crippen LogP contribution in [0.15, 0.2) is 34.5 Å². The van der Waals surface area contributed by atoms with E-state index in [1.807, 2.05) is 0 Å². The standard InChI is InChI=1S/C16H20FN3O3S2/c1-11-8-12(4-6-14(11)17)9-18-16(21)19-10-13-5-7-15(24-13)25(22,23)20(2)3/h4-8H,9-10H2,1-3H3,(H2,18,19,21). The molecule has 0 spiro atoms. The van der Waals surface area contributed by atoms with E-state index in [0.717, 1.165) is 26.1 Å². The molecule has 0 fully saturated rings. The Morgan fingerprint density at radius 3 is 2.48 bits per heavy atom. The maximum absolute atomic E-state index is 13.2. The molecule has 2 rings (SSSR count). The van der Waals surface area contributed by atoms with Crippen LogP contribution in [-0.2, 0) is 23.1 Å². The number of hydrogen-bond donors (Lipinski definition) is 2. The number of hydrogen-bond acceptors (Lipinski definition) is 4. The highest BCUT2D eigenvalue weighted by Gasteiger charge is 2.19. The summed E-state index contributed by atoms with van der Waals surface area (Å²) in [6.45, 7) is 2.16. The third kappa shape index (κ3) is 5.00. The normalized spacial score (nSPS) is 11.6. The summed E-state index contributed by atoms with van der Waals surface area (Å²) in [5.41, 5.74) is 1.32. The first-order valence-electron chi connectivity index (χ1n) is 7.48. The van der Waals surface area contributed by atoms with Gasteiger partial charge in [0.2, 0.25) is 0 Å². The van der Waals surface area contributed by atoms with Crippen LogP contribution >= 0.6 is 11.3 Å². The summed E-state index contributed by atoms with van der Waals surface area (Å²) in [5.74, 6) is -0.283. The zero-order valence-electron chi connectivity index (χ0n) is 14.2. The lowest BCUT2D eigenvalue weighted by Gasteiger charge is -2.09. The summed E-state index contributed by atoms with van der Waals surface area (Å²) in [4.78, 5) is 12.6. The summed E-state index contributed by atoms with van der Waals surface area (Å²) in [6, 6.07) is 7.46. The predicted molar refractivity (Wildman–Crippen MR) is 95.4 cm³/mol. The molecule has 136 valence electrons. The lowest BCUT2D eigenvalue weighted by Crippen LogP contribution is -2.34. The van der Waals surface area contributed by atoms with E-state index in [4.69, 9.17) is 0 Å². The minimum atomic E-state index is -3.46. The Morgan fingerprint density at radius 1 is 1.16 bits per heavy atom. The van der Waals surface area contributed by atoms with Crippen LogP contribution in [0.5, 0.6) is 0 Å². The number of sulfonamides is 1. The van der Waals surface area contributed by atoms with Crippen molar-refractivity contribution in [2.75, 3.05) is 14.1 Å². The second-order valence-corrected chi connectivity index (χ2v) is 9.17. The number of thiophene rings is 1. The molecule has 25 heavy (non-hydrogen) atoms. The molecule has 0 saturated heterocycles. The smallest absolute Gasteiger partial charge is 0.315 e. The molecule has 9 heteroatoms. The molecule has 0 atom stereocenters. The van der Waals surface area contributed by atoms with Gasteiger partial charge in [-0.2, -0.15) is 0 Å². The van der Waals surface area contributed by atoms with Crippen LogP contribution in [0.1, 0.15) is 16.0 Å². The topological polar surface area (TPSA) is 78.5 Å². The average molecular weight is 385 g/mol. The number of carbonyl (C=O) groups excluding carboxylic acids is 1. The number of urea groups is 1. The van der Waals surface area contributed by atoms with E-state index in [2.05, 4.69) is 10.6 Å². The molecule has 0 saturated carbocycles. The lowest BCUT2D eigenvalue weighted by atomic mass is 10.1. The number of rotatable bonds is 6. The third-order valence-electron chi connectivity index (χ3n) is 3.47. The molecule has 0 aliphatic carbocycles. The highest BCUT2D eigenvalue weighted by atomic mass is 32.2. The number of nitrogens with zero attached hydrogens (tertiary/aromatic N) is 1. The summed E-state index contributed by atoms with van der Waals surface area (Å²) in [6.07, 6.45) is 0. The summed E-state index contributed by atoms with van der Waals surface area (Å²) in [5, 5.41) is 5.34. The van der Waals surface area contributed by atoms with Gasteiger partial charge in [0.25, 0.3) is 10.0 Å². The minimum absolute atomic E-state index is 0.224. The SMILES string of the molecule is Cc1cc(CNC(=O)NCc2ccc(S(=O)(=O)N(C)C)s2)ccc1F. The monoisotopic (exact) mass is 385 g/mol. The highest BCUT2D eigenvalue weighted by molar-refractivity contribution is 7.91. The predicted octanol–water partition coefficient (Wildman–Crippen LogP) is 2.45. The number of nitrogens with one attached hydrogen (secondary N) is 2. The number of benzene rings is 1. The maximum atomic E-state index is 13.2. The third-order valence-corrected chi connectivity index (χ3v) is 6.84. The molecule has 1 heterocycles. The fourth-order valence-electron chi connectivity index (χ4n) is 2.00. The van der Waals surface area contributed by atoms with Gasteiger partial charge in [-0.1, -0.05) is 12.1 Å². The maximum Gasteiger partial charge on any atom is 0.315 e. The van der Waals surface area contributed by atoms with E-state index in [1.54, 1.807) is 25.1 Å². The molecule has 0 unspecified atom stereocenters. The van der Waals surface area contributed by atoms with Crippen LogP contribution in [-0.4, -0.2) is 32.8 Å². The Hall–Kier alpha value is -1.97. The average Bonchev–Trinajstić information content (AvgIpc) is 3.03. The lowest BCUT2D eigenvalue weighted by molar-refractivity contribution is 0.240. The molecular weight excluding hydrogens is 365 g/mol. The molecule has 1 aromatic carbocycles. The molecule has 2 amide bonds. The fraction of sp³-hybridized carbons (Fsp3) is 0.312. The van der Waals surface area contributed by atoms with Crippen LogP contribution in [0, 0.1) is 12.7 Å².